The van der Waals surface area contributed by atoms with Crippen LogP contribution in [-0.4, -0.2) is 35.6 Å². The summed E-state index contributed by atoms with van der Waals surface area (Å²) < 4.78 is 34.9. The lowest BCUT2D eigenvalue weighted by Gasteiger charge is -2.30. The number of nitrogens with zero attached hydrogens (tertiary/aromatic N) is 4. The minimum absolute atomic E-state index is 0.0313. The zero-order chi connectivity index (χ0) is 20.6. The number of fused-ring (bicyclic) bond motifs is 1. The van der Waals surface area contributed by atoms with Crippen molar-refractivity contribution in [1.29, 1.82) is 0 Å². The van der Waals surface area contributed by atoms with Crippen molar-refractivity contribution in [2.24, 2.45) is 0 Å². The molecule has 0 bridgehead atoms. The second-order valence-electron chi connectivity index (χ2n) is 5.93. The van der Waals surface area contributed by atoms with E-state index >= 15 is 0 Å². The lowest BCUT2D eigenvalue weighted by molar-refractivity contribution is 0.288. The molecule has 0 aliphatic carbocycles. The van der Waals surface area contributed by atoms with Gasteiger partial charge in [0.05, 0.1) is 16.5 Å². The number of aromatic nitrogens is 3. The van der Waals surface area contributed by atoms with Crippen LogP contribution in [0.5, 0.6) is 5.75 Å². The van der Waals surface area contributed by atoms with E-state index in [1.54, 1.807) is 30.3 Å². The van der Waals surface area contributed by atoms with Crippen molar-refractivity contribution in [3.8, 4) is 5.75 Å². The summed E-state index contributed by atoms with van der Waals surface area (Å²) in [6.07, 6.45) is 0. The third kappa shape index (κ3) is 4.15. The van der Waals surface area contributed by atoms with E-state index in [1.165, 1.54) is 33.0 Å². The van der Waals surface area contributed by atoms with Gasteiger partial charge in [-0.25, -0.2) is 0 Å². The third-order valence-electron chi connectivity index (χ3n) is 4.04. The summed E-state index contributed by atoms with van der Waals surface area (Å²) in [5.74, 6) is 1.27. The molecular formula is C17H13Cl3N4O3S2. The first-order valence-corrected chi connectivity index (χ1v) is 11.9. The van der Waals surface area contributed by atoms with Crippen LogP contribution in [0.4, 0.5) is 0 Å². The Labute approximate surface area is 186 Å². The average molecular weight is 492 g/mol. The predicted octanol–water partition coefficient (Wildman–Crippen LogP) is 4.25. The van der Waals surface area contributed by atoms with Gasteiger partial charge in [0.2, 0.25) is 5.16 Å². The minimum atomic E-state index is -3.87. The molecule has 0 amide bonds. The minimum Gasteiger partial charge on any atom is -0.484 e. The molecule has 152 valence electrons. The highest BCUT2D eigenvalue weighted by atomic mass is 35.5. The highest BCUT2D eigenvalue weighted by Gasteiger charge is 2.33. The quantitative estimate of drug-likeness (QED) is 0.531. The van der Waals surface area contributed by atoms with Crippen LogP contribution in [0.25, 0.3) is 0 Å². The molecule has 0 N–H and O–H groups in total. The van der Waals surface area contributed by atoms with Gasteiger partial charge in [0.15, 0.2) is 5.82 Å². The number of ether oxygens (including phenoxy) is 1. The molecule has 0 radical (unpaired) electrons. The predicted molar refractivity (Wildman–Crippen MR) is 113 cm³/mol. The highest BCUT2D eigenvalue weighted by molar-refractivity contribution is 7.99. The Kier molecular flexibility index (Phi) is 5.85. The van der Waals surface area contributed by atoms with Crippen molar-refractivity contribution in [1.82, 2.24) is 14.9 Å². The number of thioether (sulfide) groups is 1. The molecule has 3 aromatic rings. The second kappa shape index (κ2) is 8.23. The molecular weight excluding hydrogens is 479 g/mol. The van der Waals surface area contributed by atoms with Crippen molar-refractivity contribution >= 4 is 56.6 Å². The van der Waals surface area contributed by atoms with Crippen LogP contribution in [0.15, 0.2) is 52.5 Å². The first-order chi connectivity index (χ1) is 13.9. The molecule has 0 saturated heterocycles. The van der Waals surface area contributed by atoms with E-state index < -0.39 is 10.0 Å². The van der Waals surface area contributed by atoms with Crippen molar-refractivity contribution in [3.63, 3.8) is 0 Å². The maximum absolute atomic E-state index is 13.2. The summed E-state index contributed by atoms with van der Waals surface area (Å²) in [4.78, 5) is 0.0872. The van der Waals surface area contributed by atoms with Crippen molar-refractivity contribution < 1.29 is 13.2 Å². The van der Waals surface area contributed by atoms with Crippen LogP contribution in [0, 0.1) is 0 Å². The molecule has 1 aliphatic rings. The Morgan fingerprint density at radius 3 is 2.62 bits per heavy atom. The fourth-order valence-corrected chi connectivity index (χ4v) is 5.97. The Morgan fingerprint density at radius 1 is 1.07 bits per heavy atom. The van der Waals surface area contributed by atoms with Gasteiger partial charge in [0.25, 0.3) is 10.0 Å². The Hall–Kier alpha value is -1.65. The topological polar surface area (TPSA) is 77.3 Å². The summed E-state index contributed by atoms with van der Waals surface area (Å²) in [5, 5.41) is 9.81. The van der Waals surface area contributed by atoms with Gasteiger partial charge < -0.3 is 4.74 Å². The van der Waals surface area contributed by atoms with E-state index in [9.17, 15) is 8.42 Å². The second-order valence-corrected chi connectivity index (χ2v) is 10.1. The number of benzene rings is 2. The van der Waals surface area contributed by atoms with Gasteiger partial charge >= 0.3 is 0 Å². The summed E-state index contributed by atoms with van der Waals surface area (Å²) in [6, 6.07) is 11.0. The molecule has 0 atom stereocenters. The van der Waals surface area contributed by atoms with Gasteiger partial charge in [-0.1, -0.05) is 52.6 Å². The number of sulfonamides is 1. The fraction of sp³-hybridized carbons (Fsp3) is 0.176. The third-order valence-corrected chi connectivity index (χ3v) is 7.45. The van der Waals surface area contributed by atoms with Gasteiger partial charge in [0, 0.05) is 15.8 Å². The Morgan fingerprint density at radius 2 is 1.86 bits per heavy atom. The molecule has 1 aromatic heterocycles. The normalized spacial score (nSPS) is 14.0. The van der Waals surface area contributed by atoms with Crippen LogP contribution in [-0.2, 0) is 16.6 Å². The molecule has 4 rings (SSSR count). The first kappa shape index (κ1) is 20.6. The average Bonchev–Trinajstić information content (AvgIpc) is 3.10. The molecule has 2 heterocycles. The van der Waals surface area contributed by atoms with E-state index in [4.69, 9.17) is 39.5 Å². The van der Waals surface area contributed by atoms with E-state index in [2.05, 4.69) is 10.2 Å². The van der Waals surface area contributed by atoms with Gasteiger partial charge in [-0.3, -0.25) is 0 Å². The highest BCUT2D eigenvalue weighted by Crippen LogP contribution is 2.30. The number of hydrogen-bond donors (Lipinski definition) is 0. The van der Waals surface area contributed by atoms with Crippen molar-refractivity contribution in [3.05, 3.63) is 63.4 Å². The van der Waals surface area contributed by atoms with Crippen LogP contribution in [0.2, 0.25) is 15.1 Å². The van der Waals surface area contributed by atoms with Crippen LogP contribution >= 0.6 is 46.6 Å². The smallest absolute Gasteiger partial charge is 0.277 e. The zero-order valence-electron chi connectivity index (χ0n) is 14.6. The zero-order valence-corrected chi connectivity index (χ0v) is 18.5. The molecule has 0 spiro atoms. The molecule has 12 heteroatoms. The maximum atomic E-state index is 13.2. The molecule has 0 saturated carbocycles. The van der Waals surface area contributed by atoms with Gasteiger partial charge in [-0.2, -0.15) is 17.5 Å². The number of hydrogen-bond acceptors (Lipinski definition) is 6. The Bertz CT molecular complexity index is 1170. The maximum Gasteiger partial charge on any atom is 0.277 e. The Balaban J connectivity index is 1.66. The van der Waals surface area contributed by atoms with Gasteiger partial charge in [-0.05, 0) is 36.4 Å². The monoisotopic (exact) mass is 490 g/mol. The lowest BCUT2D eigenvalue weighted by Crippen LogP contribution is -2.45. The first-order valence-electron chi connectivity index (χ1n) is 8.30. The van der Waals surface area contributed by atoms with Crippen LogP contribution in [0.3, 0.4) is 0 Å². The molecule has 2 aromatic carbocycles. The number of halogens is 3. The largest absolute Gasteiger partial charge is 0.484 e. The SMILES string of the molecule is O=S(=O)(c1cccc(Cl)c1)N1CCSc2nnc(COc3ccc(Cl)cc3Cl)n21. The van der Waals surface area contributed by atoms with Gasteiger partial charge in [-0.15, -0.1) is 10.2 Å². The molecule has 29 heavy (non-hydrogen) atoms. The van der Waals surface area contributed by atoms with E-state index in [-0.39, 0.29) is 18.0 Å². The summed E-state index contributed by atoms with van der Waals surface area (Å²) in [7, 11) is -3.87. The van der Waals surface area contributed by atoms with E-state index in [0.717, 1.165) is 0 Å². The van der Waals surface area contributed by atoms with Crippen molar-refractivity contribution in [2.45, 2.75) is 16.7 Å². The summed E-state index contributed by atoms with van der Waals surface area (Å²) >= 11 is 19.4. The van der Waals surface area contributed by atoms with Crippen LogP contribution < -0.4 is 9.15 Å². The standard InChI is InChI=1S/C17H13Cl3N4O3S2/c18-11-2-1-3-13(8-11)29(25,26)23-6-7-28-17-22-21-16(24(17)23)10-27-15-5-4-12(19)9-14(15)20/h1-5,8-9H,6-7,10H2. The molecule has 0 unspecified atom stereocenters. The summed E-state index contributed by atoms with van der Waals surface area (Å²) in [6.45, 7) is 0.218. The molecule has 1 aliphatic heterocycles. The van der Waals surface area contributed by atoms with Gasteiger partial charge in [0.1, 0.15) is 12.4 Å². The summed E-state index contributed by atoms with van der Waals surface area (Å²) in [5.41, 5.74) is 0. The van der Waals surface area contributed by atoms with Crippen molar-refractivity contribution in [2.75, 3.05) is 16.7 Å². The van der Waals surface area contributed by atoms with Crippen LogP contribution in [0.1, 0.15) is 5.82 Å². The molecule has 0 fully saturated rings. The fourth-order valence-electron chi connectivity index (χ4n) is 2.73. The van der Waals surface area contributed by atoms with E-state index in [0.29, 0.717) is 37.6 Å². The lowest BCUT2D eigenvalue weighted by atomic mass is 10.3. The molecule has 7 nitrogen and oxygen atoms in total. The number of rotatable bonds is 5. The van der Waals surface area contributed by atoms with E-state index in [1.807, 2.05) is 0 Å².